The molecule has 3 heteroatoms. The van der Waals surface area contributed by atoms with Crippen molar-refractivity contribution in [3.8, 4) is 0 Å². The summed E-state index contributed by atoms with van der Waals surface area (Å²) in [6.07, 6.45) is 0. The molecule has 2 N–H and O–H groups in total. The molecule has 0 aliphatic heterocycles. The number of nitrogen functional groups attached to an aromatic ring is 1. The van der Waals surface area contributed by atoms with E-state index in [9.17, 15) is 0 Å². The van der Waals surface area contributed by atoms with Crippen LogP contribution >= 0.6 is 15.9 Å². The van der Waals surface area contributed by atoms with Gasteiger partial charge < -0.3 is 10.6 Å². The molecule has 0 aliphatic rings. The number of nitrogens with two attached hydrogens (primary N) is 1. The van der Waals surface area contributed by atoms with E-state index in [1.165, 1.54) is 11.3 Å². The lowest BCUT2D eigenvalue weighted by atomic mass is 10.2. The Morgan fingerprint density at radius 3 is 2.18 bits per heavy atom. The van der Waals surface area contributed by atoms with Gasteiger partial charge in [-0.2, -0.15) is 0 Å². The van der Waals surface area contributed by atoms with E-state index in [1.54, 1.807) is 0 Å². The molecule has 0 aromatic heterocycles. The smallest absolute Gasteiger partial charge is 0.0426 e. The predicted octanol–water partition coefficient (Wildman–Crippen LogP) is 3.67. The van der Waals surface area contributed by atoms with E-state index in [1.807, 2.05) is 12.1 Å². The van der Waals surface area contributed by atoms with Crippen LogP contribution in [-0.2, 0) is 6.54 Å². The van der Waals surface area contributed by atoms with Crippen molar-refractivity contribution in [2.24, 2.45) is 0 Å². The Hall–Kier alpha value is -1.48. The highest BCUT2D eigenvalue weighted by Crippen LogP contribution is 2.19. The Labute approximate surface area is 110 Å². The summed E-state index contributed by atoms with van der Waals surface area (Å²) >= 11 is 3.44. The maximum atomic E-state index is 5.67. The van der Waals surface area contributed by atoms with Crippen LogP contribution in [0.1, 0.15) is 5.56 Å². The molecule has 2 aromatic rings. The van der Waals surface area contributed by atoms with Crippen molar-refractivity contribution >= 4 is 27.3 Å². The predicted molar refractivity (Wildman–Crippen MR) is 77.1 cm³/mol. The zero-order chi connectivity index (χ0) is 12.3. The number of anilines is 2. The molecule has 0 spiro atoms. The highest BCUT2D eigenvalue weighted by Gasteiger charge is 2.01. The summed E-state index contributed by atoms with van der Waals surface area (Å²) in [5, 5.41) is 0. The molecule has 0 radical (unpaired) electrons. The molecule has 0 heterocycles. The van der Waals surface area contributed by atoms with Crippen LogP contribution in [0, 0.1) is 0 Å². The van der Waals surface area contributed by atoms with Gasteiger partial charge in [-0.1, -0.05) is 28.1 Å². The normalized spacial score (nSPS) is 10.2. The van der Waals surface area contributed by atoms with Crippen molar-refractivity contribution in [3.05, 3.63) is 58.6 Å². The Morgan fingerprint density at radius 2 is 1.59 bits per heavy atom. The molecule has 0 saturated carbocycles. The lowest BCUT2D eigenvalue weighted by Crippen LogP contribution is -2.16. The van der Waals surface area contributed by atoms with Crippen molar-refractivity contribution in [3.63, 3.8) is 0 Å². The van der Waals surface area contributed by atoms with Crippen molar-refractivity contribution in [2.75, 3.05) is 17.7 Å². The second-order valence-corrected chi connectivity index (χ2v) is 4.99. The maximum absolute atomic E-state index is 5.67. The van der Waals surface area contributed by atoms with Gasteiger partial charge in [-0.25, -0.2) is 0 Å². The first-order valence-corrected chi connectivity index (χ1v) is 6.25. The summed E-state index contributed by atoms with van der Waals surface area (Å²) in [7, 11) is 2.08. The molecule has 0 saturated heterocycles. The molecule has 0 atom stereocenters. The number of hydrogen-bond donors (Lipinski definition) is 1. The standard InChI is InChI=1S/C14H15BrN2/c1-17(14-8-4-12(15)5-9-14)10-11-2-6-13(16)7-3-11/h2-9H,10,16H2,1H3. The molecule has 0 aliphatic carbocycles. The Balaban J connectivity index is 2.08. The zero-order valence-corrected chi connectivity index (χ0v) is 11.3. The minimum Gasteiger partial charge on any atom is -0.399 e. The number of benzene rings is 2. The van der Waals surface area contributed by atoms with E-state index in [-0.39, 0.29) is 0 Å². The third-order valence-electron chi connectivity index (χ3n) is 2.67. The summed E-state index contributed by atoms with van der Waals surface area (Å²) in [6, 6.07) is 16.3. The molecule has 0 fully saturated rings. The van der Waals surface area contributed by atoms with Gasteiger partial charge in [0.15, 0.2) is 0 Å². The summed E-state index contributed by atoms with van der Waals surface area (Å²) < 4.78 is 1.10. The summed E-state index contributed by atoms with van der Waals surface area (Å²) in [5.74, 6) is 0. The van der Waals surface area contributed by atoms with E-state index in [0.717, 1.165) is 16.7 Å². The molecule has 0 amide bonds. The van der Waals surface area contributed by atoms with Crippen LogP contribution in [0.4, 0.5) is 11.4 Å². The molecular weight excluding hydrogens is 276 g/mol. The highest BCUT2D eigenvalue weighted by molar-refractivity contribution is 9.10. The van der Waals surface area contributed by atoms with E-state index in [4.69, 9.17) is 5.73 Å². The van der Waals surface area contributed by atoms with Crippen LogP contribution in [0.5, 0.6) is 0 Å². The quantitative estimate of drug-likeness (QED) is 0.874. The Morgan fingerprint density at radius 1 is 1.00 bits per heavy atom. The fraction of sp³-hybridized carbons (Fsp3) is 0.143. The summed E-state index contributed by atoms with van der Waals surface area (Å²) in [6.45, 7) is 0.877. The second kappa shape index (κ2) is 5.23. The van der Waals surface area contributed by atoms with E-state index in [0.29, 0.717) is 0 Å². The average molecular weight is 291 g/mol. The lowest BCUT2D eigenvalue weighted by Gasteiger charge is -2.19. The van der Waals surface area contributed by atoms with Crippen molar-refractivity contribution in [2.45, 2.75) is 6.54 Å². The van der Waals surface area contributed by atoms with Crippen molar-refractivity contribution in [1.29, 1.82) is 0 Å². The van der Waals surface area contributed by atoms with Gasteiger partial charge in [0, 0.05) is 29.4 Å². The third kappa shape index (κ3) is 3.24. The minimum atomic E-state index is 0.806. The zero-order valence-electron chi connectivity index (χ0n) is 9.73. The number of nitrogens with zero attached hydrogens (tertiary/aromatic N) is 1. The number of halogens is 1. The van der Waals surface area contributed by atoms with Crippen molar-refractivity contribution in [1.82, 2.24) is 0 Å². The maximum Gasteiger partial charge on any atom is 0.0426 e. The van der Waals surface area contributed by atoms with Crippen LogP contribution in [0.3, 0.4) is 0 Å². The van der Waals surface area contributed by atoms with Gasteiger partial charge in [-0.3, -0.25) is 0 Å². The first-order valence-electron chi connectivity index (χ1n) is 5.46. The molecule has 17 heavy (non-hydrogen) atoms. The first kappa shape index (κ1) is 12.0. The number of hydrogen-bond acceptors (Lipinski definition) is 2. The van der Waals surface area contributed by atoms with Crippen LogP contribution in [-0.4, -0.2) is 7.05 Å². The second-order valence-electron chi connectivity index (χ2n) is 4.07. The van der Waals surface area contributed by atoms with E-state index >= 15 is 0 Å². The minimum absolute atomic E-state index is 0.806. The molecule has 0 bridgehead atoms. The lowest BCUT2D eigenvalue weighted by molar-refractivity contribution is 0.923. The fourth-order valence-electron chi connectivity index (χ4n) is 1.68. The van der Waals surface area contributed by atoms with Gasteiger partial charge in [0.25, 0.3) is 0 Å². The SMILES string of the molecule is CN(Cc1ccc(N)cc1)c1ccc(Br)cc1. The topological polar surface area (TPSA) is 29.3 Å². The van der Waals surface area contributed by atoms with Crippen LogP contribution < -0.4 is 10.6 Å². The van der Waals surface area contributed by atoms with Crippen LogP contribution in [0.25, 0.3) is 0 Å². The number of rotatable bonds is 3. The third-order valence-corrected chi connectivity index (χ3v) is 3.20. The molecular formula is C14H15BrN2. The Kier molecular flexibility index (Phi) is 3.69. The first-order chi connectivity index (χ1) is 8.15. The van der Waals surface area contributed by atoms with Crippen LogP contribution in [0.2, 0.25) is 0 Å². The van der Waals surface area contributed by atoms with Gasteiger partial charge in [-0.15, -0.1) is 0 Å². The van der Waals surface area contributed by atoms with Gasteiger partial charge >= 0.3 is 0 Å². The van der Waals surface area contributed by atoms with Gasteiger partial charge in [-0.05, 0) is 42.0 Å². The summed E-state index contributed by atoms with van der Waals surface area (Å²) in [4.78, 5) is 2.21. The van der Waals surface area contributed by atoms with E-state index < -0.39 is 0 Å². The van der Waals surface area contributed by atoms with Gasteiger partial charge in [0.05, 0.1) is 0 Å². The van der Waals surface area contributed by atoms with Crippen LogP contribution in [0.15, 0.2) is 53.0 Å². The highest BCUT2D eigenvalue weighted by atomic mass is 79.9. The molecule has 2 nitrogen and oxygen atoms in total. The fourth-order valence-corrected chi connectivity index (χ4v) is 1.95. The van der Waals surface area contributed by atoms with Gasteiger partial charge in [0.2, 0.25) is 0 Å². The van der Waals surface area contributed by atoms with E-state index in [2.05, 4.69) is 64.3 Å². The monoisotopic (exact) mass is 290 g/mol. The summed E-state index contributed by atoms with van der Waals surface area (Å²) in [5.41, 5.74) is 8.93. The Bertz CT molecular complexity index is 477. The molecule has 2 rings (SSSR count). The molecule has 88 valence electrons. The average Bonchev–Trinajstić information content (AvgIpc) is 2.33. The molecule has 2 aromatic carbocycles. The van der Waals surface area contributed by atoms with Gasteiger partial charge in [0.1, 0.15) is 0 Å². The van der Waals surface area contributed by atoms with Crippen molar-refractivity contribution < 1.29 is 0 Å². The molecule has 0 unspecified atom stereocenters. The largest absolute Gasteiger partial charge is 0.399 e.